The quantitative estimate of drug-likeness (QED) is 0.884. The highest BCUT2D eigenvalue weighted by Crippen LogP contribution is 2.18. The van der Waals surface area contributed by atoms with Crippen LogP contribution >= 0.6 is 15.9 Å². The van der Waals surface area contributed by atoms with Crippen molar-refractivity contribution in [3.8, 4) is 0 Å². The Bertz CT molecular complexity index is 317. The third-order valence-electron chi connectivity index (χ3n) is 2.24. The second-order valence-electron chi connectivity index (χ2n) is 3.57. The molecule has 15 heavy (non-hydrogen) atoms. The summed E-state index contributed by atoms with van der Waals surface area (Å²) in [6.07, 6.45) is -2.33. The van der Waals surface area contributed by atoms with Gasteiger partial charge in [0.25, 0.3) is 6.43 Å². The molecule has 2 atom stereocenters. The van der Waals surface area contributed by atoms with Gasteiger partial charge < -0.3 is 5.32 Å². The normalized spacial score (nSPS) is 15.3. The Morgan fingerprint density at radius 3 is 2.47 bits per heavy atom. The first-order valence-electron chi connectivity index (χ1n) is 4.80. The molecule has 1 aromatic rings. The molecule has 0 aliphatic carbocycles. The van der Waals surface area contributed by atoms with Crippen LogP contribution in [0.4, 0.5) is 8.78 Å². The zero-order chi connectivity index (χ0) is 11.4. The Morgan fingerprint density at radius 2 is 1.93 bits per heavy atom. The smallest absolute Gasteiger partial charge is 0.253 e. The fourth-order valence-electron chi connectivity index (χ4n) is 1.34. The van der Waals surface area contributed by atoms with Crippen molar-refractivity contribution in [1.29, 1.82) is 0 Å². The largest absolute Gasteiger partial charge is 0.302 e. The number of nitrogens with one attached hydrogen (secondary N) is 1. The van der Waals surface area contributed by atoms with E-state index >= 15 is 0 Å². The fraction of sp³-hybridized carbons (Fsp3) is 0.455. The molecule has 0 saturated heterocycles. The molecule has 1 rings (SSSR count). The van der Waals surface area contributed by atoms with E-state index in [9.17, 15) is 8.78 Å². The first-order valence-corrected chi connectivity index (χ1v) is 5.59. The molecule has 0 aliphatic rings. The number of halogens is 3. The average molecular weight is 278 g/mol. The van der Waals surface area contributed by atoms with Gasteiger partial charge >= 0.3 is 0 Å². The Balaban J connectivity index is 2.64. The van der Waals surface area contributed by atoms with Crippen LogP contribution in [0.1, 0.15) is 25.5 Å². The summed E-state index contributed by atoms with van der Waals surface area (Å²) in [6.45, 7) is 3.36. The number of benzene rings is 1. The molecule has 0 bridgehead atoms. The van der Waals surface area contributed by atoms with Crippen molar-refractivity contribution in [1.82, 2.24) is 5.32 Å². The van der Waals surface area contributed by atoms with Crippen molar-refractivity contribution in [3.63, 3.8) is 0 Å². The van der Waals surface area contributed by atoms with Gasteiger partial charge in [-0.1, -0.05) is 28.1 Å². The van der Waals surface area contributed by atoms with Crippen LogP contribution in [-0.4, -0.2) is 12.5 Å². The molecule has 0 aliphatic heterocycles. The molecule has 0 saturated carbocycles. The van der Waals surface area contributed by atoms with Gasteiger partial charge in [-0.15, -0.1) is 0 Å². The van der Waals surface area contributed by atoms with E-state index in [-0.39, 0.29) is 6.04 Å². The van der Waals surface area contributed by atoms with Gasteiger partial charge in [0.1, 0.15) is 0 Å². The van der Waals surface area contributed by atoms with E-state index in [1.807, 2.05) is 31.2 Å². The maximum atomic E-state index is 12.3. The Kier molecular flexibility index (Phi) is 4.67. The molecular weight excluding hydrogens is 264 g/mol. The first kappa shape index (κ1) is 12.6. The number of rotatable bonds is 4. The van der Waals surface area contributed by atoms with E-state index < -0.39 is 12.5 Å². The molecule has 2 unspecified atom stereocenters. The maximum absolute atomic E-state index is 12.3. The number of hydrogen-bond acceptors (Lipinski definition) is 1. The molecule has 0 heterocycles. The van der Waals surface area contributed by atoms with Gasteiger partial charge in [-0.05, 0) is 31.5 Å². The Labute approximate surface area is 97.0 Å². The summed E-state index contributed by atoms with van der Waals surface area (Å²) in [7, 11) is 0. The van der Waals surface area contributed by atoms with Gasteiger partial charge in [0.2, 0.25) is 0 Å². The lowest BCUT2D eigenvalue weighted by Gasteiger charge is -2.19. The molecule has 0 radical (unpaired) electrons. The number of alkyl halides is 2. The van der Waals surface area contributed by atoms with Crippen LogP contribution in [0.25, 0.3) is 0 Å². The van der Waals surface area contributed by atoms with E-state index in [0.29, 0.717) is 0 Å². The van der Waals surface area contributed by atoms with E-state index in [1.165, 1.54) is 6.92 Å². The molecule has 4 heteroatoms. The summed E-state index contributed by atoms with van der Waals surface area (Å²) >= 11 is 3.35. The minimum Gasteiger partial charge on any atom is -0.302 e. The van der Waals surface area contributed by atoms with E-state index in [1.54, 1.807) is 0 Å². The summed E-state index contributed by atoms with van der Waals surface area (Å²) in [5.74, 6) is 0. The van der Waals surface area contributed by atoms with Crippen LogP contribution in [0, 0.1) is 0 Å². The van der Waals surface area contributed by atoms with Crippen molar-refractivity contribution >= 4 is 15.9 Å². The molecule has 0 amide bonds. The SMILES string of the molecule is CC(NC(C)C(F)F)c1cccc(Br)c1. The topological polar surface area (TPSA) is 12.0 Å². The average Bonchev–Trinajstić information content (AvgIpc) is 2.17. The third-order valence-corrected chi connectivity index (χ3v) is 2.73. The second-order valence-corrected chi connectivity index (χ2v) is 4.48. The molecule has 1 aromatic carbocycles. The highest BCUT2D eigenvalue weighted by Gasteiger charge is 2.17. The Hall–Kier alpha value is -0.480. The zero-order valence-electron chi connectivity index (χ0n) is 8.68. The molecule has 1 N–H and O–H groups in total. The van der Waals surface area contributed by atoms with Gasteiger partial charge in [-0.3, -0.25) is 0 Å². The highest BCUT2D eigenvalue weighted by atomic mass is 79.9. The van der Waals surface area contributed by atoms with Crippen LogP contribution in [0.3, 0.4) is 0 Å². The molecule has 0 aromatic heterocycles. The van der Waals surface area contributed by atoms with Crippen molar-refractivity contribution in [2.75, 3.05) is 0 Å². The van der Waals surface area contributed by atoms with Gasteiger partial charge in [0, 0.05) is 10.5 Å². The Morgan fingerprint density at radius 1 is 1.27 bits per heavy atom. The molecule has 1 nitrogen and oxygen atoms in total. The van der Waals surface area contributed by atoms with Gasteiger partial charge in [-0.25, -0.2) is 8.78 Å². The monoisotopic (exact) mass is 277 g/mol. The van der Waals surface area contributed by atoms with E-state index in [2.05, 4.69) is 21.2 Å². The van der Waals surface area contributed by atoms with Gasteiger partial charge in [-0.2, -0.15) is 0 Å². The standard InChI is InChI=1S/C11H14BrF2N/c1-7(15-8(2)11(13)14)9-4-3-5-10(12)6-9/h3-8,11,15H,1-2H3. The first-order chi connectivity index (χ1) is 7.00. The van der Waals surface area contributed by atoms with Crippen molar-refractivity contribution < 1.29 is 8.78 Å². The zero-order valence-corrected chi connectivity index (χ0v) is 10.3. The van der Waals surface area contributed by atoms with Crippen LogP contribution < -0.4 is 5.32 Å². The number of hydrogen-bond donors (Lipinski definition) is 1. The van der Waals surface area contributed by atoms with Crippen LogP contribution in [-0.2, 0) is 0 Å². The molecule has 0 spiro atoms. The highest BCUT2D eigenvalue weighted by molar-refractivity contribution is 9.10. The third kappa shape index (κ3) is 3.87. The van der Waals surface area contributed by atoms with E-state index in [0.717, 1.165) is 10.0 Å². The summed E-state index contributed by atoms with van der Waals surface area (Å²) in [5.41, 5.74) is 0.997. The predicted molar refractivity (Wildman–Crippen MR) is 61.2 cm³/mol. The lowest BCUT2D eigenvalue weighted by Crippen LogP contribution is -2.34. The molecule has 84 valence electrons. The van der Waals surface area contributed by atoms with Crippen molar-refractivity contribution in [2.24, 2.45) is 0 Å². The summed E-state index contributed by atoms with van der Waals surface area (Å²) in [5, 5.41) is 2.85. The fourth-order valence-corrected chi connectivity index (χ4v) is 1.76. The molecule has 0 fully saturated rings. The second kappa shape index (κ2) is 5.56. The van der Waals surface area contributed by atoms with Crippen LogP contribution in [0.5, 0.6) is 0 Å². The van der Waals surface area contributed by atoms with Crippen LogP contribution in [0.15, 0.2) is 28.7 Å². The van der Waals surface area contributed by atoms with Gasteiger partial charge in [0.15, 0.2) is 0 Å². The van der Waals surface area contributed by atoms with Gasteiger partial charge in [0.05, 0.1) is 6.04 Å². The lowest BCUT2D eigenvalue weighted by atomic mass is 10.1. The van der Waals surface area contributed by atoms with Crippen molar-refractivity contribution in [3.05, 3.63) is 34.3 Å². The van der Waals surface area contributed by atoms with Crippen molar-refractivity contribution in [2.45, 2.75) is 32.4 Å². The summed E-state index contributed by atoms with van der Waals surface area (Å²) < 4.78 is 25.6. The maximum Gasteiger partial charge on any atom is 0.253 e. The van der Waals surface area contributed by atoms with Crippen LogP contribution in [0.2, 0.25) is 0 Å². The van der Waals surface area contributed by atoms with E-state index in [4.69, 9.17) is 0 Å². The predicted octanol–water partition coefficient (Wildman–Crippen LogP) is 3.75. The molecular formula is C11H14BrF2N. The lowest BCUT2D eigenvalue weighted by molar-refractivity contribution is 0.101. The summed E-state index contributed by atoms with van der Waals surface area (Å²) in [4.78, 5) is 0. The summed E-state index contributed by atoms with van der Waals surface area (Å²) in [6, 6.07) is 6.78. The minimum absolute atomic E-state index is 0.0773. The minimum atomic E-state index is -2.33.